The molecule has 4 aromatic rings. The Morgan fingerprint density at radius 1 is 1.07 bits per heavy atom. The topological polar surface area (TPSA) is 81.7 Å². The van der Waals surface area contributed by atoms with Gasteiger partial charge in [0.05, 0.1) is 12.2 Å². The molecule has 8 heteroatoms. The number of anilines is 1. The molecule has 0 N–H and O–H groups in total. The predicted molar refractivity (Wildman–Crippen MR) is 111 cm³/mol. The van der Waals surface area contributed by atoms with Crippen LogP contribution < -0.4 is 4.90 Å². The number of benzene rings is 1. The van der Waals surface area contributed by atoms with Crippen molar-refractivity contribution in [3.63, 3.8) is 0 Å². The molecule has 1 saturated carbocycles. The van der Waals surface area contributed by atoms with E-state index in [2.05, 4.69) is 19.9 Å². The van der Waals surface area contributed by atoms with E-state index in [0.29, 0.717) is 24.0 Å². The molecule has 0 unspecified atom stereocenters. The van der Waals surface area contributed by atoms with Gasteiger partial charge >= 0.3 is 0 Å². The Morgan fingerprint density at radius 2 is 1.97 bits per heavy atom. The summed E-state index contributed by atoms with van der Waals surface area (Å²) in [5.74, 6) is 1.34. The maximum Gasteiger partial charge on any atom is 0.260 e. The smallest absolute Gasteiger partial charge is 0.260 e. The summed E-state index contributed by atoms with van der Waals surface area (Å²) in [5.41, 5.74) is 4.32. The Kier molecular flexibility index (Phi) is 3.61. The highest BCUT2D eigenvalue weighted by atomic mass is 16.2. The fourth-order valence-electron chi connectivity index (χ4n) is 3.98. The van der Waals surface area contributed by atoms with E-state index in [1.807, 2.05) is 55.7 Å². The minimum absolute atomic E-state index is 0.0362. The van der Waals surface area contributed by atoms with Crippen LogP contribution >= 0.6 is 0 Å². The van der Waals surface area contributed by atoms with Gasteiger partial charge in [-0.25, -0.2) is 4.98 Å². The molecule has 1 aromatic carbocycles. The molecule has 4 heterocycles. The zero-order valence-corrected chi connectivity index (χ0v) is 16.4. The maximum absolute atomic E-state index is 13.1. The van der Waals surface area contributed by atoms with Crippen molar-refractivity contribution in [1.29, 1.82) is 0 Å². The van der Waals surface area contributed by atoms with Crippen molar-refractivity contribution in [2.45, 2.75) is 25.4 Å². The van der Waals surface area contributed by atoms with Crippen LogP contribution in [0.5, 0.6) is 0 Å². The molecule has 0 saturated heterocycles. The summed E-state index contributed by atoms with van der Waals surface area (Å²) in [5, 5.41) is 12.8. The molecule has 2 aliphatic rings. The Morgan fingerprint density at radius 3 is 2.77 bits per heavy atom. The lowest BCUT2D eigenvalue weighted by molar-refractivity contribution is 0.0996. The average Bonchev–Trinajstić information content (AvgIpc) is 3.18. The monoisotopic (exact) mass is 397 g/mol. The van der Waals surface area contributed by atoms with Gasteiger partial charge in [-0.2, -0.15) is 5.10 Å². The fourth-order valence-corrected chi connectivity index (χ4v) is 3.98. The number of aromatic nitrogens is 6. The van der Waals surface area contributed by atoms with Crippen LogP contribution in [0.15, 0.2) is 55.0 Å². The van der Waals surface area contributed by atoms with Crippen LogP contribution in [0.4, 0.5) is 5.82 Å². The third-order valence-corrected chi connectivity index (χ3v) is 5.67. The van der Waals surface area contributed by atoms with Crippen LogP contribution in [0.3, 0.4) is 0 Å². The fraction of sp³-hybridized carbons (Fsp3) is 0.227. The van der Waals surface area contributed by atoms with Crippen molar-refractivity contribution < 1.29 is 4.79 Å². The number of carbonyl (C=O) groups excluding carboxylic acids is 1. The molecule has 0 radical (unpaired) electrons. The standard InChI is InChI=1S/C22H19N7O/c1-27-10-9-18(26-27)14-5-8-17-15(11-14)12-28(22(17)30)20-4-2-3-19(24-20)21-25-23-13-29(21)16-6-7-16/h2-5,8-11,13,16H,6-7,12H2,1H3. The van der Waals surface area contributed by atoms with Crippen molar-refractivity contribution in [1.82, 2.24) is 29.5 Å². The van der Waals surface area contributed by atoms with Gasteiger partial charge in [0, 0.05) is 30.4 Å². The van der Waals surface area contributed by atoms with Crippen LogP contribution in [0.25, 0.3) is 22.8 Å². The number of aryl methyl sites for hydroxylation is 1. The van der Waals surface area contributed by atoms with Crippen molar-refractivity contribution in [3.05, 3.63) is 66.1 Å². The van der Waals surface area contributed by atoms with E-state index in [4.69, 9.17) is 4.98 Å². The normalized spacial score (nSPS) is 15.6. The van der Waals surface area contributed by atoms with E-state index in [9.17, 15) is 4.79 Å². The number of amides is 1. The summed E-state index contributed by atoms with van der Waals surface area (Å²) in [4.78, 5) is 19.5. The van der Waals surface area contributed by atoms with Gasteiger partial charge in [0.25, 0.3) is 5.91 Å². The number of carbonyl (C=O) groups is 1. The second kappa shape index (κ2) is 6.35. The first kappa shape index (κ1) is 17.1. The number of rotatable bonds is 4. The number of hydrogen-bond donors (Lipinski definition) is 0. The van der Waals surface area contributed by atoms with Crippen LogP contribution in [0, 0.1) is 0 Å². The van der Waals surface area contributed by atoms with E-state index in [0.717, 1.165) is 41.2 Å². The zero-order chi connectivity index (χ0) is 20.2. The third kappa shape index (κ3) is 2.72. The lowest BCUT2D eigenvalue weighted by Crippen LogP contribution is -2.24. The van der Waals surface area contributed by atoms with Gasteiger partial charge in [-0.05, 0) is 48.7 Å². The van der Waals surface area contributed by atoms with E-state index in [1.54, 1.807) is 15.9 Å². The molecule has 6 rings (SSSR count). The van der Waals surface area contributed by atoms with Gasteiger partial charge in [0.15, 0.2) is 5.82 Å². The second-order valence-corrected chi connectivity index (χ2v) is 7.81. The van der Waals surface area contributed by atoms with Gasteiger partial charge in [-0.3, -0.25) is 14.4 Å². The molecular formula is C22H19N7O. The summed E-state index contributed by atoms with van der Waals surface area (Å²) >= 11 is 0. The van der Waals surface area contributed by atoms with Gasteiger partial charge < -0.3 is 4.57 Å². The Labute approximate surface area is 172 Å². The van der Waals surface area contributed by atoms with Crippen LogP contribution in [-0.4, -0.2) is 35.4 Å². The zero-order valence-electron chi connectivity index (χ0n) is 16.4. The molecule has 8 nitrogen and oxygen atoms in total. The Bertz CT molecular complexity index is 1280. The van der Waals surface area contributed by atoms with Crippen molar-refractivity contribution >= 4 is 11.7 Å². The summed E-state index contributed by atoms with van der Waals surface area (Å²) in [6.07, 6.45) is 5.96. The van der Waals surface area contributed by atoms with Crippen LogP contribution in [-0.2, 0) is 13.6 Å². The summed E-state index contributed by atoms with van der Waals surface area (Å²) in [6.45, 7) is 0.487. The molecule has 0 bridgehead atoms. The molecule has 1 aliphatic carbocycles. The molecule has 3 aromatic heterocycles. The third-order valence-electron chi connectivity index (χ3n) is 5.67. The molecule has 0 atom stereocenters. The van der Waals surface area contributed by atoms with Gasteiger partial charge in [0.1, 0.15) is 17.8 Å². The van der Waals surface area contributed by atoms with Crippen molar-refractivity contribution in [2.24, 2.45) is 7.05 Å². The van der Waals surface area contributed by atoms with E-state index < -0.39 is 0 Å². The first-order valence-electron chi connectivity index (χ1n) is 9.99. The first-order valence-corrected chi connectivity index (χ1v) is 9.99. The lowest BCUT2D eigenvalue weighted by Gasteiger charge is -2.15. The van der Waals surface area contributed by atoms with Crippen molar-refractivity contribution in [3.8, 4) is 22.8 Å². The highest BCUT2D eigenvalue weighted by Gasteiger charge is 2.31. The summed E-state index contributed by atoms with van der Waals surface area (Å²) in [7, 11) is 1.89. The minimum atomic E-state index is -0.0362. The van der Waals surface area contributed by atoms with Gasteiger partial charge in [-0.15, -0.1) is 10.2 Å². The van der Waals surface area contributed by atoms with Crippen LogP contribution in [0.1, 0.15) is 34.8 Å². The molecule has 30 heavy (non-hydrogen) atoms. The molecule has 148 valence electrons. The highest BCUT2D eigenvalue weighted by molar-refractivity contribution is 6.09. The SMILES string of the molecule is Cn1ccc(-c2ccc3c(c2)CN(c2cccc(-c4nncn4C4CC4)n2)C3=O)n1. The number of fused-ring (bicyclic) bond motifs is 1. The van der Waals surface area contributed by atoms with E-state index >= 15 is 0 Å². The summed E-state index contributed by atoms with van der Waals surface area (Å²) in [6, 6.07) is 14.0. The molecule has 1 aliphatic heterocycles. The first-order chi connectivity index (χ1) is 14.7. The maximum atomic E-state index is 13.1. The predicted octanol–water partition coefficient (Wildman–Crippen LogP) is 3.24. The van der Waals surface area contributed by atoms with E-state index in [-0.39, 0.29) is 5.91 Å². The minimum Gasteiger partial charge on any atom is -0.309 e. The summed E-state index contributed by atoms with van der Waals surface area (Å²) < 4.78 is 3.85. The highest BCUT2D eigenvalue weighted by Crippen LogP contribution is 2.37. The molecule has 0 spiro atoms. The largest absolute Gasteiger partial charge is 0.309 e. The van der Waals surface area contributed by atoms with Crippen molar-refractivity contribution in [2.75, 3.05) is 4.90 Å². The van der Waals surface area contributed by atoms with E-state index in [1.165, 1.54) is 0 Å². The number of nitrogens with zero attached hydrogens (tertiary/aromatic N) is 7. The van der Waals surface area contributed by atoms with Gasteiger partial charge in [-0.1, -0.05) is 12.1 Å². The quantitative estimate of drug-likeness (QED) is 0.528. The number of hydrogen-bond acceptors (Lipinski definition) is 5. The molecule has 1 amide bonds. The molecule has 1 fully saturated rings. The lowest BCUT2D eigenvalue weighted by atomic mass is 10.0. The van der Waals surface area contributed by atoms with Crippen LogP contribution in [0.2, 0.25) is 0 Å². The van der Waals surface area contributed by atoms with Gasteiger partial charge in [0.2, 0.25) is 0 Å². The number of pyridine rings is 1. The Balaban J connectivity index is 1.33. The second-order valence-electron chi connectivity index (χ2n) is 7.81. The Hall–Kier alpha value is -3.81. The molecular weight excluding hydrogens is 378 g/mol. The average molecular weight is 397 g/mol.